The fourth-order valence-electron chi connectivity index (χ4n) is 3.12. The monoisotopic (exact) mass is 387 g/mol. The van der Waals surface area contributed by atoms with Crippen molar-refractivity contribution in [2.75, 3.05) is 26.8 Å². The molecule has 0 aliphatic carbocycles. The quantitative estimate of drug-likeness (QED) is 0.731. The molecule has 0 bridgehead atoms. The number of carbonyl (C=O) groups is 2. The smallest absolute Gasteiger partial charge is 0.254 e. The number of likely N-dealkylation sites (tertiary alicyclic amines) is 1. The number of pyridine rings is 1. The van der Waals surface area contributed by atoms with E-state index in [2.05, 4.69) is 10.3 Å². The first-order valence-corrected chi connectivity index (χ1v) is 8.98. The van der Waals surface area contributed by atoms with Crippen LogP contribution in [0.3, 0.4) is 0 Å². The number of ether oxygens (including phenoxy) is 2. The van der Waals surface area contributed by atoms with Gasteiger partial charge in [0.15, 0.2) is 0 Å². The largest absolute Gasteiger partial charge is 0.487 e. The lowest BCUT2D eigenvalue weighted by atomic mass is 10.1. The number of halogens is 1. The molecule has 1 N–H and O–H groups in total. The summed E-state index contributed by atoms with van der Waals surface area (Å²) in [4.78, 5) is 31.0. The van der Waals surface area contributed by atoms with Gasteiger partial charge in [-0.2, -0.15) is 0 Å². The second-order valence-corrected chi connectivity index (χ2v) is 6.43. The van der Waals surface area contributed by atoms with Crippen molar-refractivity contribution >= 4 is 11.8 Å². The minimum absolute atomic E-state index is 0.244. The van der Waals surface area contributed by atoms with Crippen molar-refractivity contribution in [1.29, 1.82) is 0 Å². The first-order chi connectivity index (χ1) is 13.6. The molecular weight excluding hydrogens is 365 g/mol. The van der Waals surface area contributed by atoms with Crippen molar-refractivity contribution in [2.45, 2.75) is 18.6 Å². The Hall–Kier alpha value is -3.00. The van der Waals surface area contributed by atoms with E-state index in [1.807, 2.05) is 0 Å². The molecule has 2 atom stereocenters. The molecule has 1 fully saturated rings. The maximum atomic E-state index is 13.2. The summed E-state index contributed by atoms with van der Waals surface area (Å²) in [5.74, 6) is -0.472. The lowest BCUT2D eigenvalue weighted by Gasteiger charge is -2.23. The highest BCUT2D eigenvalue weighted by Crippen LogP contribution is 2.25. The molecule has 28 heavy (non-hydrogen) atoms. The van der Waals surface area contributed by atoms with Gasteiger partial charge in [-0.05, 0) is 36.4 Å². The van der Waals surface area contributed by atoms with Crippen LogP contribution in [-0.2, 0) is 9.53 Å². The third-order valence-corrected chi connectivity index (χ3v) is 4.46. The molecule has 1 aromatic heterocycles. The van der Waals surface area contributed by atoms with E-state index >= 15 is 0 Å². The average Bonchev–Trinajstić information content (AvgIpc) is 3.13. The van der Waals surface area contributed by atoms with Crippen molar-refractivity contribution in [3.05, 3.63) is 60.2 Å². The predicted molar refractivity (Wildman–Crippen MR) is 99.4 cm³/mol. The van der Waals surface area contributed by atoms with Gasteiger partial charge in [0.05, 0.1) is 19.3 Å². The van der Waals surface area contributed by atoms with Crippen LogP contribution in [0, 0.1) is 5.82 Å². The number of hydrogen-bond donors (Lipinski definition) is 1. The molecule has 2 heterocycles. The van der Waals surface area contributed by atoms with Crippen LogP contribution in [0.2, 0.25) is 0 Å². The van der Waals surface area contributed by atoms with Crippen molar-refractivity contribution in [3.63, 3.8) is 0 Å². The van der Waals surface area contributed by atoms with Crippen molar-refractivity contribution in [3.8, 4) is 5.75 Å². The zero-order valence-corrected chi connectivity index (χ0v) is 15.5. The van der Waals surface area contributed by atoms with Crippen LogP contribution in [0.15, 0.2) is 48.8 Å². The number of nitrogens with zero attached hydrogens (tertiary/aromatic N) is 2. The summed E-state index contributed by atoms with van der Waals surface area (Å²) in [7, 11) is 1.55. The first kappa shape index (κ1) is 19.8. The van der Waals surface area contributed by atoms with Gasteiger partial charge in [0.25, 0.3) is 5.91 Å². The molecule has 3 rings (SSSR count). The van der Waals surface area contributed by atoms with E-state index in [0.29, 0.717) is 30.9 Å². The molecule has 0 saturated carbocycles. The van der Waals surface area contributed by atoms with Crippen LogP contribution >= 0.6 is 0 Å². The maximum Gasteiger partial charge on any atom is 0.254 e. The Morgan fingerprint density at radius 1 is 1.29 bits per heavy atom. The van der Waals surface area contributed by atoms with E-state index in [0.717, 1.165) is 0 Å². The average molecular weight is 387 g/mol. The minimum Gasteiger partial charge on any atom is -0.487 e. The topological polar surface area (TPSA) is 80.8 Å². The molecule has 0 unspecified atom stereocenters. The van der Waals surface area contributed by atoms with Gasteiger partial charge in [-0.25, -0.2) is 4.39 Å². The first-order valence-electron chi connectivity index (χ1n) is 8.98. The van der Waals surface area contributed by atoms with E-state index < -0.39 is 11.9 Å². The highest BCUT2D eigenvalue weighted by atomic mass is 19.1. The van der Waals surface area contributed by atoms with E-state index in [1.165, 1.54) is 29.2 Å². The number of nitrogens with one attached hydrogen (secondary N) is 1. The van der Waals surface area contributed by atoms with Crippen molar-refractivity contribution in [1.82, 2.24) is 15.2 Å². The van der Waals surface area contributed by atoms with Crippen LogP contribution < -0.4 is 10.1 Å². The number of aromatic nitrogens is 1. The fourth-order valence-corrected chi connectivity index (χ4v) is 3.12. The van der Waals surface area contributed by atoms with Gasteiger partial charge >= 0.3 is 0 Å². The normalized spacial score (nSPS) is 18.7. The lowest BCUT2D eigenvalue weighted by Crippen LogP contribution is -2.46. The maximum absolute atomic E-state index is 13.2. The minimum atomic E-state index is -0.684. The predicted octanol–water partition coefficient (Wildman–Crippen LogP) is 1.65. The molecule has 1 aliphatic rings. The molecule has 148 valence electrons. The molecule has 7 nitrogen and oxygen atoms in total. The second kappa shape index (κ2) is 9.27. The number of carbonyl (C=O) groups excluding carboxylic acids is 2. The Morgan fingerprint density at radius 2 is 2.07 bits per heavy atom. The molecule has 1 aromatic carbocycles. The van der Waals surface area contributed by atoms with E-state index in [4.69, 9.17) is 9.47 Å². The van der Waals surface area contributed by atoms with Crippen LogP contribution in [0.5, 0.6) is 5.75 Å². The Kier molecular flexibility index (Phi) is 6.54. The molecule has 1 aliphatic heterocycles. The third-order valence-electron chi connectivity index (χ3n) is 4.46. The van der Waals surface area contributed by atoms with Crippen molar-refractivity contribution < 1.29 is 23.5 Å². The van der Waals surface area contributed by atoms with E-state index in [-0.39, 0.29) is 24.5 Å². The zero-order valence-electron chi connectivity index (χ0n) is 15.5. The summed E-state index contributed by atoms with van der Waals surface area (Å²) in [6.07, 6.45) is 3.21. The zero-order chi connectivity index (χ0) is 19.9. The van der Waals surface area contributed by atoms with E-state index in [9.17, 15) is 14.0 Å². The summed E-state index contributed by atoms with van der Waals surface area (Å²) in [6, 6.07) is 8.10. The Bertz CT molecular complexity index is 801. The fraction of sp³-hybridized carbons (Fsp3) is 0.350. The van der Waals surface area contributed by atoms with Gasteiger partial charge in [-0.1, -0.05) is 0 Å². The van der Waals surface area contributed by atoms with Crippen LogP contribution in [0.4, 0.5) is 4.39 Å². The molecule has 2 aromatic rings. The molecular formula is C20H22FN3O4. The molecule has 0 spiro atoms. The highest BCUT2D eigenvalue weighted by Gasteiger charge is 2.41. The Labute approximate surface area is 162 Å². The van der Waals surface area contributed by atoms with Crippen LogP contribution in [-0.4, -0.2) is 60.7 Å². The highest BCUT2D eigenvalue weighted by molar-refractivity contribution is 5.98. The summed E-state index contributed by atoms with van der Waals surface area (Å²) in [6.45, 7) is 0.964. The summed E-state index contributed by atoms with van der Waals surface area (Å²) >= 11 is 0. The third kappa shape index (κ3) is 4.83. The number of hydrogen-bond acceptors (Lipinski definition) is 5. The molecule has 0 radical (unpaired) electrons. The van der Waals surface area contributed by atoms with Gasteiger partial charge in [-0.3, -0.25) is 14.6 Å². The van der Waals surface area contributed by atoms with E-state index in [1.54, 1.807) is 31.6 Å². The molecule has 1 saturated heterocycles. The summed E-state index contributed by atoms with van der Waals surface area (Å²) in [5.41, 5.74) is 0.318. The SMILES string of the molecule is COCCNC(=O)[C@H]1C[C@H](Oc2cccnc2)CN1C(=O)c1ccc(F)cc1. The van der Waals surface area contributed by atoms with Gasteiger partial charge in [0.2, 0.25) is 5.91 Å². The van der Waals surface area contributed by atoms with Gasteiger partial charge < -0.3 is 19.7 Å². The van der Waals surface area contributed by atoms with Gasteiger partial charge in [-0.15, -0.1) is 0 Å². The van der Waals surface area contributed by atoms with Crippen LogP contribution in [0.25, 0.3) is 0 Å². The van der Waals surface area contributed by atoms with Crippen molar-refractivity contribution in [2.24, 2.45) is 0 Å². The second-order valence-electron chi connectivity index (χ2n) is 6.43. The van der Waals surface area contributed by atoms with Gasteiger partial charge in [0.1, 0.15) is 23.7 Å². The lowest BCUT2D eigenvalue weighted by molar-refractivity contribution is -0.125. The molecule has 8 heteroatoms. The van der Waals surface area contributed by atoms with Gasteiger partial charge in [0, 0.05) is 31.8 Å². The summed E-state index contributed by atoms with van der Waals surface area (Å²) < 4.78 is 24.0. The number of benzene rings is 1. The Morgan fingerprint density at radius 3 is 2.75 bits per heavy atom. The van der Waals surface area contributed by atoms with Crippen LogP contribution in [0.1, 0.15) is 16.8 Å². The molecule has 2 amide bonds. The Balaban J connectivity index is 1.75. The number of methoxy groups -OCH3 is 1. The number of amides is 2. The number of rotatable bonds is 7. The summed E-state index contributed by atoms with van der Waals surface area (Å²) in [5, 5.41) is 2.77. The standard InChI is InChI=1S/C20H22FN3O4/c1-27-10-9-23-19(25)18-11-17(28-16-3-2-8-22-12-16)13-24(18)20(26)14-4-6-15(21)7-5-14/h2-8,12,17-18H,9-11,13H2,1H3,(H,23,25)/t17-,18+/m0/s1.